The molecule has 0 aliphatic heterocycles. The molecule has 1 aromatic rings. The third kappa shape index (κ3) is 3.28. The minimum absolute atomic E-state index is 0. The third-order valence-electron chi connectivity index (χ3n) is 1.68. The fourth-order valence-electron chi connectivity index (χ4n) is 0.912. The van der Waals surface area contributed by atoms with Gasteiger partial charge in [0.1, 0.15) is 0 Å². The summed E-state index contributed by atoms with van der Waals surface area (Å²) in [5.41, 5.74) is 0.431. The fourth-order valence-corrected chi connectivity index (χ4v) is 1.49. The van der Waals surface area contributed by atoms with Crippen LogP contribution in [0.1, 0.15) is 17.3 Å². The predicted molar refractivity (Wildman–Crippen MR) is 56.2 cm³/mol. The predicted octanol–water partition coefficient (Wildman–Crippen LogP) is 0.890. The first kappa shape index (κ1) is 14.1. The summed E-state index contributed by atoms with van der Waals surface area (Å²) in [7, 11) is -3.87. The van der Waals surface area contributed by atoms with E-state index in [-0.39, 0.29) is 23.1 Å². The second-order valence-corrected chi connectivity index (χ2v) is 4.20. The van der Waals surface area contributed by atoms with Gasteiger partial charge in [-0.1, -0.05) is 12.1 Å². The van der Waals surface area contributed by atoms with Gasteiger partial charge in [0.05, 0.1) is 4.90 Å². The highest BCUT2D eigenvalue weighted by Crippen LogP contribution is 2.12. The quantitative estimate of drug-likeness (QED) is 0.637. The highest BCUT2D eigenvalue weighted by Gasteiger charge is 2.13. The second-order valence-electron chi connectivity index (χ2n) is 2.63. The van der Waals surface area contributed by atoms with Crippen molar-refractivity contribution in [2.75, 3.05) is 0 Å². The molecule has 0 aromatic heterocycles. The first-order valence-corrected chi connectivity index (χ1v) is 5.12. The average Bonchev–Trinajstić information content (AvgIpc) is 2.18. The number of benzene rings is 1. The molecule has 0 heterocycles. The van der Waals surface area contributed by atoms with E-state index in [2.05, 4.69) is 10.2 Å². The van der Waals surface area contributed by atoms with Crippen LogP contribution in [0.4, 0.5) is 0 Å². The molecule has 0 spiro atoms. The van der Waals surface area contributed by atoms with Crippen molar-refractivity contribution in [2.24, 2.45) is 5.90 Å². The van der Waals surface area contributed by atoms with Crippen molar-refractivity contribution in [1.82, 2.24) is 0 Å². The van der Waals surface area contributed by atoms with Gasteiger partial charge in [0.15, 0.2) is 5.78 Å². The number of hydrogen-bond acceptors (Lipinski definition) is 5. The summed E-state index contributed by atoms with van der Waals surface area (Å²) in [6, 6.07) is 5.32. The van der Waals surface area contributed by atoms with Gasteiger partial charge in [-0.2, -0.15) is 18.6 Å². The summed E-state index contributed by atoms with van der Waals surface area (Å²) in [5, 5.41) is 0. The van der Waals surface area contributed by atoms with Crippen molar-refractivity contribution in [3.05, 3.63) is 29.8 Å². The van der Waals surface area contributed by atoms with E-state index in [1.807, 2.05) is 0 Å². The molecular formula is C8H10ClNO4S. The standard InChI is InChI=1S/C8H9NO4S.ClH/c1-6(10)7-2-4-8(5-3-7)14(11,12)13-9;/h2-5H,9H2,1H3;1H. The Hall–Kier alpha value is -0.950. The monoisotopic (exact) mass is 251 g/mol. The molecule has 15 heavy (non-hydrogen) atoms. The van der Waals surface area contributed by atoms with Gasteiger partial charge >= 0.3 is 10.1 Å². The molecule has 0 amide bonds. The molecule has 0 aliphatic carbocycles. The van der Waals surface area contributed by atoms with Gasteiger partial charge in [-0.15, -0.1) is 12.4 Å². The van der Waals surface area contributed by atoms with E-state index >= 15 is 0 Å². The van der Waals surface area contributed by atoms with Gasteiger partial charge in [0.2, 0.25) is 0 Å². The summed E-state index contributed by atoms with van der Waals surface area (Å²) in [6.07, 6.45) is 0. The molecular weight excluding hydrogens is 242 g/mol. The molecule has 0 saturated heterocycles. The number of carbonyl (C=O) groups excluding carboxylic acids is 1. The number of carbonyl (C=O) groups is 1. The van der Waals surface area contributed by atoms with Crippen molar-refractivity contribution in [1.29, 1.82) is 0 Å². The van der Waals surface area contributed by atoms with E-state index in [9.17, 15) is 13.2 Å². The molecule has 0 aliphatic rings. The lowest BCUT2D eigenvalue weighted by atomic mass is 10.2. The molecule has 2 N–H and O–H groups in total. The lowest BCUT2D eigenvalue weighted by molar-refractivity contribution is 0.101. The normalized spacial score (nSPS) is 10.5. The van der Waals surface area contributed by atoms with Crippen LogP contribution in [0.5, 0.6) is 0 Å². The van der Waals surface area contributed by atoms with Crippen LogP contribution >= 0.6 is 12.4 Å². The van der Waals surface area contributed by atoms with Crippen LogP contribution < -0.4 is 5.90 Å². The Morgan fingerprint density at radius 2 is 1.73 bits per heavy atom. The topological polar surface area (TPSA) is 86.5 Å². The molecule has 1 aromatic carbocycles. The SMILES string of the molecule is CC(=O)c1ccc(S(=O)(=O)ON)cc1.Cl. The van der Waals surface area contributed by atoms with E-state index < -0.39 is 10.1 Å². The molecule has 0 saturated carbocycles. The zero-order valence-corrected chi connectivity index (χ0v) is 9.47. The molecule has 0 radical (unpaired) electrons. The van der Waals surface area contributed by atoms with Crippen LogP contribution in [0.2, 0.25) is 0 Å². The minimum atomic E-state index is -3.87. The molecule has 0 unspecified atom stereocenters. The van der Waals surface area contributed by atoms with Gasteiger partial charge < -0.3 is 0 Å². The molecule has 1 rings (SSSR count). The molecule has 0 fully saturated rings. The van der Waals surface area contributed by atoms with Gasteiger partial charge in [0.25, 0.3) is 0 Å². The number of ketones is 1. The van der Waals surface area contributed by atoms with Gasteiger partial charge in [0, 0.05) is 5.56 Å². The highest BCUT2D eigenvalue weighted by atomic mass is 35.5. The summed E-state index contributed by atoms with van der Waals surface area (Å²) >= 11 is 0. The Morgan fingerprint density at radius 1 is 1.27 bits per heavy atom. The van der Waals surface area contributed by atoms with Crippen LogP contribution in [-0.2, 0) is 14.4 Å². The van der Waals surface area contributed by atoms with Crippen LogP contribution in [-0.4, -0.2) is 14.2 Å². The Balaban J connectivity index is 0.00000196. The van der Waals surface area contributed by atoms with Crippen LogP contribution in [0.25, 0.3) is 0 Å². The lowest BCUT2D eigenvalue weighted by Gasteiger charge is -2.00. The molecule has 0 bridgehead atoms. The number of halogens is 1. The van der Waals surface area contributed by atoms with Crippen LogP contribution in [0.15, 0.2) is 29.2 Å². The highest BCUT2D eigenvalue weighted by molar-refractivity contribution is 7.86. The van der Waals surface area contributed by atoms with Crippen LogP contribution in [0.3, 0.4) is 0 Å². The molecule has 84 valence electrons. The van der Waals surface area contributed by atoms with Crippen molar-refractivity contribution < 1.29 is 17.5 Å². The smallest absolute Gasteiger partial charge is 0.295 e. The van der Waals surface area contributed by atoms with Crippen molar-refractivity contribution >= 4 is 28.3 Å². The third-order valence-corrected chi connectivity index (χ3v) is 2.78. The average molecular weight is 252 g/mol. The maximum atomic E-state index is 11.0. The zero-order valence-electron chi connectivity index (χ0n) is 7.84. The maximum absolute atomic E-state index is 11.0. The van der Waals surface area contributed by atoms with Crippen LogP contribution in [0, 0.1) is 0 Å². The van der Waals surface area contributed by atoms with E-state index in [1.54, 1.807) is 0 Å². The molecule has 7 heteroatoms. The van der Waals surface area contributed by atoms with Gasteiger partial charge in [-0.3, -0.25) is 4.79 Å². The summed E-state index contributed by atoms with van der Waals surface area (Å²) < 4.78 is 25.9. The number of nitrogens with two attached hydrogens (primary N) is 1. The first-order valence-electron chi connectivity index (χ1n) is 3.72. The Morgan fingerprint density at radius 3 is 2.07 bits per heavy atom. The number of hydrogen-bond donors (Lipinski definition) is 1. The maximum Gasteiger partial charge on any atom is 0.312 e. The summed E-state index contributed by atoms with van der Waals surface area (Å²) in [6.45, 7) is 1.39. The van der Waals surface area contributed by atoms with Crippen molar-refractivity contribution in [2.45, 2.75) is 11.8 Å². The second kappa shape index (κ2) is 5.22. The van der Waals surface area contributed by atoms with E-state index in [0.29, 0.717) is 5.56 Å². The summed E-state index contributed by atoms with van der Waals surface area (Å²) in [4.78, 5) is 10.8. The molecule has 0 atom stereocenters. The van der Waals surface area contributed by atoms with Gasteiger partial charge in [-0.25, -0.2) is 0 Å². The van der Waals surface area contributed by atoms with Crippen molar-refractivity contribution in [3.63, 3.8) is 0 Å². The Labute approximate surface area is 93.7 Å². The van der Waals surface area contributed by atoms with E-state index in [1.165, 1.54) is 31.2 Å². The summed E-state index contributed by atoms with van der Waals surface area (Å²) in [5.74, 6) is 4.44. The lowest BCUT2D eigenvalue weighted by Crippen LogP contribution is -2.11. The Kier molecular flexibility index (Phi) is 4.89. The first-order chi connectivity index (χ1) is 6.47. The molecule has 5 nitrogen and oxygen atoms in total. The van der Waals surface area contributed by atoms with E-state index in [0.717, 1.165) is 0 Å². The minimum Gasteiger partial charge on any atom is -0.295 e. The zero-order chi connectivity index (χ0) is 10.8. The Bertz CT molecular complexity index is 440. The van der Waals surface area contributed by atoms with E-state index in [4.69, 9.17) is 0 Å². The van der Waals surface area contributed by atoms with Gasteiger partial charge in [-0.05, 0) is 19.1 Å². The fraction of sp³-hybridized carbons (Fsp3) is 0.125. The van der Waals surface area contributed by atoms with Crippen molar-refractivity contribution in [3.8, 4) is 0 Å². The number of rotatable bonds is 3. The largest absolute Gasteiger partial charge is 0.312 e. The number of Topliss-reactive ketones (excluding diaryl/α,β-unsaturated/α-hetero) is 1.